The van der Waals surface area contributed by atoms with Gasteiger partial charge in [0.1, 0.15) is 23.0 Å². The van der Waals surface area contributed by atoms with Gasteiger partial charge >= 0.3 is 15.6 Å². The van der Waals surface area contributed by atoms with Gasteiger partial charge in [0.2, 0.25) is 0 Å². The maximum atomic E-state index is 12.8. The lowest BCUT2D eigenvalue weighted by Gasteiger charge is -2.37. The Morgan fingerprint density at radius 3 is 2.26 bits per heavy atom. The number of benzene rings is 3. The quantitative estimate of drug-likeness (QED) is 0.340. The van der Waals surface area contributed by atoms with Gasteiger partial charge in [0.25, 0.3) is 0 Å². The van der Waals surface area contributed by atoms with Crippen LogP contribution in [0, 0.1) is 0 Å². The van der Waals surface area contributed by atoms with Crippen molar-refractivity contribution < 1.29 is 40.0 Å². The number of hydrogen-bond donors (Lipinski definition) is 0. The van der Waals surface area contributed by atoms with E-state index < -0.39 is 27.0 Å². The SMILES string of the molecule is CCCOc1ccc2c(c1)Oc1cc(OS(=O)(=O)C(F)(F)F)ccc1C21OCc2ccccc21. The summed E-state index contributed by atoms with van der Waals surface area (Å²) in [4.78, 5) is 0. The van der Waals surface area contributed by atoms with E-state index in [0.717, 1.165) is 29.7 Å². The standard InChI is InChI=1S/C24H19F3O6S/c1-2-11-30-16-7-9-19-21(12-16)32-22-13-17(33-34(28,29)24(25,26)27)8-10-20(22)23(19)18-6-4-3-5-15(18)14-31-23/h3-10,12-13H,2,11,14H2,1H3. The molecule has 34 heavy (non-hydrogen) atoms. The van der Waals surface area contributed by atoms with Gasteiger partial charge in [-0.1, -0.05) is 31.2 Å². The molecular formula is C24H19F3O6S. The summed E-state index contributed by atoms with van der Waals surface area (Å²) in [6.45, 7) is 2.77. The molecule has 2 heterocycles. The predicted octanol–water partition coefficient (Wildman–Crippen LogP) is 5.63. The maximum absolute atomic E-state index is 12.8. The van der Waals surface area contributed by atoms with Crippen LogP contribution in [0.25, 0.3) is 0 Å². The van der Waals surface area contributed by atoms with E-state index in [-0.39, 0.29) is 5.75 Å². The molecule has 0 saturated heterocycles. The molecule has 0 amide bonds. The van der Waals surface area contributed by atoms with Crippen LogP contribution in [0.3, 0.4) is 0 Å². The first-order chi connectivity index (χ1) is 16.2. The Morgan fingerprint density at radius 1 is 0.941 bits per heavy atom. The zero-order valence-corrected chi connectivity index (χ0v) is 18.7. The summed E-state index contributed by atoms with van der Waals surface area (Å²) in [5.41, 5.74) is -3.62. The third kappa shape index (κ3) is 3.48. The van der Waals surface area contributed by atoms with Gasteiger partial charge in [0.15, 0.2) is 5.60 Å². The molecule has 1 atom stereocenters. The van der Waals surface area contributed by atoms with E-state index in [4.69, 9.17) is 14.2 Å². The molecule has 1 unspecified atom stereocenters. The molecule has 2 aliphatic heterocycles. The van der Waals surface area contributed by atoms with Crippen LogP contribution in [-0.2, 0) is 27.1 Å². The number of halogens is 3. The molecule has 178 valence electrons. The van der Waals surface area contributed by atoms with Gasteiger partial charge in [-0.3, -0.25) is 0 Å². The second-order valence-electron chi connectivity index (χ2n) is 7.88. The lowest BCUT2D eigenvalue weighted by molar-refractivity contribution is -0.0500. The molecule has 5 rings (SSSR count). The third-order valence-corrected chi connectivity index (χ3v) is 6.67. The zero-order chi connectivity index (χ0) is 24.1. The molecule has 0 fully saturated rings. The molecule has 3 aromatic carbocycles. The van der Waals surface area contributed by atoms with Crippen LogP contribution in [-0.4, -0.2) is 20.5 Å². The molecule has 2 aliphatic rings. The van der Waals surface area contributed by atoms with E-state index in [1.807, 2.05) is 43.3 Å². The molecule has 6 nitrogen and oxygen atoms in total. The van der Waals surface area contributed by atoms with Gasteiger partial charge < -0.3 is 18.4 Å². The first-order valence-electron chi connectivity index (χ1n) is 10.5. The second kappa shape index (κ2) is 7.92. The van der Waals surface area contributed by atoms with Crippen LogP contribution in [0.1, 0.15) is 35.6 Å². The highest BCUT2D eigenvalue weighted by atomic mass is 32.2. The number of fused-ring (bicyclic) bond motifs is 6. The lowest BCUT2D eigenvalue weighted by atomic mass is 9.77. The fourth-order valence-electron chi connectivity index (χ4n) is 4.25. The Hall–Kier alpha value is -3.24. The highest BCUT2D eigenvalue weighted by Crippen LogP contribution is 2.57. The predicted molar refractivity (Wildman–Crippen MR) is 115 cm³/mol. The summed E-state index contributed by atoms with van der Waals surface area (Å²) in [5.74, 6) is 0.525. The van der Waals surface area contributed by atoms with Crippen molar-refractivity contribution in [2.45, 2.75) is 31.1 Å². The number of alkyl halides is 3. The summed E-state index contributed by atoms with van der Waals surface area (Å²) in [6.07, 6.45) is 0.801. The van der Waals surface area contributed by atoms with E-state index in [2.05, 4.69) is 4.18 Å². The van der Waals surface area contributed by atoms with Crippen molar-refractivity contribution in [1.82, 2.24) is 0 Å². The van der Waals surface area contributed by atoms with Gasteiger partial charge in [-0.15, -0.1) is 0 Å². The molecule has 0 radical (unpaired) electrons. The van der Waals surface area contributed by atoms with Crippen LogP contribution in [0.15, 0.2) is 60.7 Å². The number of hydrogen-bond acceptors (Lipinski definition) is 6. The van der Waals surface area contributed by atoms with Crippen molar-refractivity contribution >= 4 is 10.1 Å². The van der Waals surface area contributed by atoms with E-state index in [9.17, 15) is 21.6 Å². The van der Waals surface area contributed by atoms with Gasteiger partial charge in [-0.05, 0) is 41.8 Å². The minimum absolute atomic E-state index is 0.117. The van der Waals surface area contributed by atoms with Crippen molar-refractivity contribution in [3.05, 3.63) is 82.9 Å². The van der Waals surface area contributed by atoms with Crippen molar-refractivity contribution in [2.24, 2.45) is 0 Å². The second-order valence-corrected chi connectivity index (χ2v) is 9.41. The van der Waals surface area contributed by atoms with E-state index in [1.54, 1.807) is 6.07 Å². The summed E-state index contributed by atoms with van der Waals surface area (Å²) >= 11 is 0. The summed E-state index contributed by atoms with van der Waals surface area (Å²) in [6, 6.07) is 16.7. The fourth-order valence-corrected chi connectivity index (χ4v) is 4.71. The van der Waals surface area contributed by atoms with Gasteiger partial charge in [0, 0.05) is 23.3 Å². The van der Waals surface area contributed by atoms with Crippen LogP contribution in [0.4, 0.5) is 13.2 Å². The smallest absolute Gasteiger partial charge is 0.493 e. The molecule has 0 saturated carbocycles. The zero-order valence-electron chi connectivity index (χ0n) is 17.9. The van der Waals surface area contributed by atoms with Crippen molar-refractivity contribution in [2.75, 3.05) is 6.61 Å². The van der Waals surface area contributed by atoms with E-state index in [1.165, 1.54) is 6.07 Å². The molecule has 3 aromatic rings. The molecule has 0 bridgehead atoms. The Labute approximate surface area is 194 Å². The Bertz CT molecular complexity index is 1370. The molecule has 1 spiro atoms. The van der Waals surface area contributed by atoms with Crippen LogP contribution in [0.5, 0.6) is 23.0 Å². The van der Waals surface area contributed by atoms with Crippen LogP contribution in [0.2, 0.25) is 0 Å². The highest BCUT2D eigenvalue weighted by molar-refractivity contribution is 7.88. The topological polar surface area (TPSA) is 71.1 Å². The summed E-state index contributed by atoms with van der Waals surface area (Å²) in [5, 5.41) is 0. The average molecular weight is 492 g/mol. The Morgan fingerprint density at radius 2 is 1.59 bits per heavy atom. The fraction of sp³-hybridized carbons (Fsp3) is 0.250. The minimum Gasteiger partial charge on any atom is -0.493 e. The average Bonchev–Trinajstić information content (AvgIpc) is 3.16. The van der Waals surface area contributed by atoms with Crippen molar-refractivity contribution in [3.63, 3.8) is 0 Å². The normalized spacial score (nSPS) is 18.6. The van der Waals surface area contributed by atoms with Crippen LogP contribution < -0.4 is 13.7 Å². The molecule has 0 aromatic heterocycles. The lowest BCUT2D eigenvalue weighted by Crippen LogP contribution is -2.32. The Balaban J connectivity index is 1.66. The summed E-state index contributed by atoms with van der Waals surface area (Å²) < 4.78 is 83.9. The maximum Gasteiger partial charge on any atom is 0.534 e. The highest BCUT2D eigenvalue weighted by Gasteiger charge is 2.51. The molecule has 0 aliphatic carbocycles. The van der Waals surface area contributed by atoms with E-state index >= 15 is 0 Å². The van der Waals surface area contributed by atoms with E-state index in [0.29, 0.717) is 35.8 Å². The van der Waals surface area contributed by atoms with Crippen molar-refractivity contribution in [1.29, 1.82) is 0 Å². The monoisotopic (exact) mass is 492 g/mol. The number of ether oxygens (including phenoxy) is 3. The Kier molecular flexibility index (Phi) is 5.25. The van der Waals surface area contributed by atoms with Gasteiger partial charge in [-0.25, -0.2) is 0 Å². The van der Waals surface area contributed by atoms with Crippen LogP contribution >= 0.6 is 0 Å². The molecule has 10 heteroatoms. The first-order valence-corrected chi connectivity index (χ1v) is 11.9. The van der Waals surface area contributed by atoms with Gasteiger partial charge in [-0.2, -0.15) is 21.6 Å². The van der Waals surface area contributed by atoms with Crippen molar-refractivity contribution in [3.8, 4) is 23.0 Å². The summed E-state index contributed by atoms with van der Waals surface area (Å²) in [7, 11) is -5.84. The molecular weight excluding hydrogens is 473 g/mol. The molecule has 0 N–H and O–H groups in total. The number of rotatable bonds is 5. The first kappa shape index (κ1) is 22.5. The van der Waals surface area contributed by atoms with Gasteiger partial charge in [0.05, 0.1) is 13.2 Å². The third-order valence-electron chi connectivity index (χ3n) is 5.69. The minimum atomic E-state index is -5.84. The largest absolute Gasteiger partial charge is 0.534 e.